The van der Waals surface area contributed by atoms with Crippen molar-refractivity contribution in [3.8, 4) is 0 Å². The Kier molecular flexibility index (Phi) is 3.51. The van der Waals surface area contributed by atoms with Crippen molar-refractivity contribution in [2.45, 2.75) is 13.5 Å². The normalized spacial score (nSPS) is 17.9. The Morgan fingerprint density at radius 2 is 2.27 bits per heavy atom. The van der Waals surface area contributed by atoms with Crippen LogP contribution in [0.5, 0.6) is 0 Å². The Hall–Kier alpha value is -0.710. The summed E-state index contributed by atoms with van der Waals surface area (Å²) in [5, 5.41) is 4.57. The number of thiazole rings is 1. The fraction of sp³-hybridized carbons (Fsp3) is 0.545. The summed E-state index contributed by atoms with van der Waals surface area (Å²) in [6, 6.07) is 0. The molecule has 2 heterocycles. The van der Waals surface area contributed by atoms with E-state index in [1.807, 2.05) is 6.08 Å². The molecule has 15 heavy (non-hydrogen) atoms. The Morgan fingerprint density at radius 1 is 1.53 bits per heavy atom. The summed E-state index contributed by atoms with van der Waals surface area (Å²) >= 11 is 1.79. The SMILES string of the molecule is C=Cc1nc(CN2CCNCC2)sc1C. The van der Waals surface area contributed by atoms with Gasteiger partial charge in [-0.15, -0.1) is 11.3 Å². The van der Waals surface area contributed by atoms with Gasteiger partial charge in [-0.3, -0.25) is 4.90 Å². The molecule has 1 aromatic heterocycles. The Balaban J connectivity index is 2.00. The highest BCUT2D eigenvalue weighted by molar-refractivity contribution is 7.11. The van der Waals surface area contributed by atoms with Gasteiger partial charge in [-0.2, -0.15) is 0 Å². The molecule has 1 fully saturated rings. The topological polar surface area (TPSA) is 28.2 Å². The molecule has 0 amide bonds. The van der Waals surface area contributed by atoms with Crippen LogP contribution in [-0.4, -0.2) is 36.1 Å². The molecule has 4 heteroatoms. The van der Waals surface area contributed by atoms with Gasteiger partial charge in [-0.1, -0.05) is 6.58 Å². The van der Waals surface area contributed by atoms with E-state index in [-0.39, 0.29) is 0 Å². The number of hydrogen-bond acceptors (Lipinski definition) is 4. The van der Waals surface area contributed by atoms with Crippen molar-refractivity contribution in [3.05, 3.63) is 22.2 Å². The molecule has 82 valence electrons. The van der Waals surface area contributed by atoms with E-state index in [4.69, 9.17) is 0 Å². The summed E-state index contributed by atoms with van der Waals surface area (Å²) in [5.41, 5.74) is 1.05. The van der Waals surface area contributed by atoms with E-state index in [0.29, 0.717) is 0 Å². The molecule has 0 atom stereocenters. The van der Waals surface area contributed by atoms with Crippen LogP contribution < -0.4 is 5.32 Å². The maximum absolute atomic E-state index is 4.56. The first-order chi connectivity index (χ1) is 7.29. The predicted molar refractivity (Wildman–Crippen MR) is 65.1 cm³/mol. The first kappa shape index (κ1) is 10.8. The van der Waals surface area contributed by atoms with E-state index >= 15 is 0 Å². The zero-order valence-corrected chi connectivity index (χ0v) is 9.94. The van der Waals surface area contributed by atoms with Gasteiger partial charge in [-0.25, -0.2) is 4.98 Å². The van der Waals surface area contributed by atoms with Crippen molar-refractivity contribution in [1.82, 2.24) is 15.2 Å². The average molecular weight is 223 g/mol. The molecule has 0 unspecified atom stereocenters. The van der Waals surface area contributed by atoms with Crippen LogP contribution in [0.4, 0.5) is 0 Å². The molecule has 3 nitrogen and oxygen atoms in total. The van der Waals surface area contributed by atoms with Gasteiger partial charge in [0.25, 0.3) is 0 Å². The Labute approximate surface area is 94.8 Å². The van der Waals surface area contributed by atoms with Crippen LogP contribution in [0.3, 0.4) is 0 Å². The number of nitrogens with zero attached hydrogens (tertiary/aromatic N) is 2. The highest BCUT2D eigenvalue weighted by Gasteiger charge is 2.12. The van der Waals surface area contributed by atoms with Crippen molar-refractivity contribution in [3.63, 3.8) is 0 Å². The molecule has 1 aromatic rings. The van der Waals surface area contributed by atoms with Gasteiger partial charge in [-0.05, 0) is 13.0 Å². The van der Waals surface area contributed by atoms with Gasteiger partial charge in [0.1, 0.15) is 5.01 Å². The highest BCUT2D eigenvalue weighted by atomic mass is 32.1. The van der Waals surface area contributed by atoms with Crippen LogP contribution >= 0.6 is 11.3 Å². The zero-order valence-electron chi connectivity index (χ0n) is 9.12. The number of rotatable bonds is 3. The summed E-state index contributed by atoms with van der Waals surface area (Å²) < 4.78 is 0. The van der Waals surface area contributed by atoms with E-state index in [0.717, 1.165) is 38.4 Å². The van der Waals surface area contributed by atoms with Gasteiger partial charge in [0.15, 0.2) is 0 Å². The third-order valence-corrected chi connectivity index (χ3v) is 3.61. The van der Waals surface area contributed by atoms with Crippen molar-refractivity contribution >= 4 is 17.4 Å². The average Bonchev–Trinajstić information content (AvgIpc) is 2.60. The minimum absolute atomic E-state index is 0.987. The van der Waals surface area contributed by atoms with E-state index in [1.54, 1.807) is 11.3 Å². The van der Waals surface area contributed by atoms with E-state index in [1.165, 1.54) is 9.88 Å². The van der Waals surface area contributed by atoms with Crippen molar-refractivity contribution in [1.29, 1.82) is 0 Å². The number of aryl methyl sites for hydroxylation is 1. The smallest absolute Gasteiger partial charge is 0.108 e. The number of hydrogen-bond donors (Lipinski definition) is 1. The largest absolute Gasteiger partial charge is 0.314 e. The zero-order chi connectivity index (χ0) is 10.7. The van der Waals surface area contributed by atoms with E-state index in [9.17, 15) is 0 Å². The number of piperazine rings is 1. The lowest BCUT2D eigenvalue weighted by Crippen LogP contribution is -2.42. The fourth-order valence-electron chi connectivity index (χ4n) is 1.78. The molecular formula is C11H17N3S. The van der Waals surface area contributed by atoms with Gasteiger partial charge in [0.05, 0.1) is 12.2 Å². The van der Waals surface area contributed by atoms with Crippen molar-refractivity contribution in [2.24, 2.45) is 0 Å². The van der Waals surface area contributed by atoms with Crippen molar-refractivity contribution in [2.75, 3.05) is 26.2 Å². The van der Waals surface area contributed by atoms with E-state index in [2.05, 4.69) is 28.7 Å². The summed E-state index contributed by atoms with van der Waals surface area (Å²) in [4.78, 5) is 8.28. The van der Waals surface area contributed by atoms with Gasteiger partial charge >= 0.3 is 0 Å². The van der Waals surface area contributed by atoms with Gasteiger partial charge in [0, 0.05) is 31.1 Å². The maximum atomic E-state index is 4.56. The second kappa shape index (κ2) is 4.88. The molecule has 0 aliphatic carbocycles. The molecule has 0 saturated carbocycles. The first-order valence-electron chi connectivity index (χ1n) is 5.31. The van der Waals surface area contributed by atoms with Crippen LogP contribution in [0.25, 0.3) is 6.08 Å². The highest BCUT2D eigenvalue weighted by Crippen LogP contribution is 2.19. The molecule has 1 N–H and O–H groups in total. The Morgan fingerprint density at radius 3 is 2.87 bits per heavy atom. The minimum atomic E-state index is 0.987. The maximum Gasteiger partial charge on any atom is 0.108 e. The van der Waals surface area contributed by atoms with Crippen LogP contribution in [-0.2, 0) is 6.54 Å². The molecule has 0 bridgehead atoms. The first-order valence-corrected chi connectivity index (χ1v) is 6.13. The minimum Gasteiger partial charge on any atom is -0.314 e. The monoisotopic (exact) mass is 223 g/mol. The summed E-state index contributed by atoms with van der Waals surface area (Å²) in [6.45, 7) is 11.3. The lowest BCUT2D eigenvalue weighted by Gasteiger charge is -2.26. The number of aromatic nitrogens is 1. The molecule has 0 aromatic carbocycles. The lowest BCUT2D eigenvalue weighted by atomic mass is 10.3. The standard InChI is InChI=1S/C11H17N3S/c1-3-10-9(2)15-11(13-10)8-14-6-4-12-5-7-14/h3,12H,1,4-8H2,2H3. The molecule has 1 aliphatic heterocycles. The molecule has 0 spiro atoms. The molecule has 1 saturated heterocycles. The van der Waals surface area contributed by atoms with Crippen LogP contribution in [0.15, 0.2) is 6.58 Å². The van der Waals surface area contributed by atoms with Crippen molar-refractivity contribution < 1.29 is 0 Å². The fourth-order valence-corrected chi connectivity index (χ4v) is 2.76. The number of nitrogens with one attached hydrogen (secondary N) is 1. The van der Waals surface area contributed by atoms with Crippen LogP contribution in [0, 0.1) is 6.92 Å². The molecule has 0 radical (unpaired) electrons. The third-order valence-electron chi connectivity index (χ3n) is 2.64. The quantitative estimate of drug-likeness (QED) is 0.841. The molecule has 1 aliphatic rings. The third kappa shape index (κ3) is 2.65. The van der Waals surface area contributed by atoms with Gasteiger partial charge in [0.2, 0.25) is 0 Å². The Bertz CT molecular complexity index is 340. The van der Waals surface area contributed by atoms with E-state index < -0.39 is 0 Å². The lowest BCUT2D eigenvalue weighted by molar-refractivity contribution is 0.233. The second-order valence-electron chi connectivity index (χ2n) is 3.78. The summed E-state index contributed by atoms with van der Waals surface area (Å²) in [5.74, 6) is 0. The second-order valence-corrected chi connectivity index (χ2v) is 5.07. The van der Waals surface area contributed by atoms with Crippen LogP contribution in [0.2, 0.25) is 0 Å². The molecule has 2 rings (SSSR count). The summed E-state index contributed by atoms with van der Waals surface area (Å²) in [7, 11) is 0. The predicted octanol–water partition coefficient (Wildman–Crippen LogP) is 1.50. The summed E-state index contributed by atoms with van der Waals surface area (Å²) in [6.07, 6.45) is 1.84. The van der Waals surface area contributed by atoms with Crippen LogP contribution in [0.1, 0.15) is 15.6 Å². The molecular weight excluding hydrogens is 206 g/mol. The van der Waals surface area contributed by atoms with Gasteiger partial charge < -0.3 is 5.32 Å².